The Labute approximate surface area is 231 Å². The number of hydrogen-bond acceptors (Lipinski definition) is 8. The molecule has 0 aliphatic heterocycles. The maximum Gasteiger partial charge on any atom is 0.311 e. The van der Waals surface area contributed by atoms with Crippen molar-refractivity contribution in [2.45, 2.75) is 105 Å². The summed E-state index contributed by atoms with van der Waals surface area (Å²) in [6.45, 7) is 13.2. The number of aliphatic hydroxyl groups excluding tert-OH is 3. The Hall–Kier alpha value is -1.90. The molecule has 2 saturated carbocycles. The smallest absolute Gasteiger partial charge is 0.311 e. The van der Waals surface area contributed by atoms with Gasteiger partial charge in [0.1, 0.15) is 11.9 Å². The van der Waals surface area contributed by atoms with Crippen LogP contribution in [0.25, 0.3) is 0 Å². The van der Waals surface area contributed by atoms with E-state index in [1.54, 1.807) is 0 Å². The number of rotatable bonds is 6. The van der Waals surface area contributed by atoms with Gasteiger partial charge in [-0.05, 0) is 72.7 Å². The summed E-state index contributed by atoms with van der Waals surface area (Å²) in [7, 11) is 1.20. The zero-order valence-corrected chi connectivity index (χ0v) is 24.7. The van der Waals surface area contributed by atoms with Gasteiger partial charge >= 0.3 is 5.97 Å². The van der Waals surface area contributed by atoms with E-state index < -0.39 is 57.6 Å². The number of allylic oxidation sites excluding steroid dienone is 1. The largest absolute Gasteiger partial charge is 0.469 e. The predicted molar refractivity (Wildman–Crippen MR) is 143 cm³/mol. The molecule has 10 atom stereocenters. The van der Waals surface area contributed by atoms with E-state index in [0.29, 0.717) is 30.4 Å². The molecule has 39 heavy (non-hydrogen) atoms. The summed E-state index contributed by atoms with van der Waals surface area (Å²) in [4.78, 5) is 52.9. The van der Waals surface area contributed by atoms with Crippen molar-refractivity contribution < 1.29 is 39.2 Å². The second kappa shape index (κ2) is 9.59. The maximum atomic E-state index is 14.1. The van der Waals surface area contributed by atoms with Crippen LogP contribution in [0.3, 0.4) is 0 Å². The van der Waals surface area contributed by atoms with E-state index >= 15 is 0 Å². The fourth-order valence-corrected chi connectivity index (χ4v) is 9.28. The van der Waals surface area contributed by atoms with E-state index in [1.165, 1.54) is 14.0 Å². The van der Waals surface area contributed by atoms with Gasteiger partial charge in [-0.3, -0.25) is 19.2 Å². The van der Waals surface area contributed by atoms with Crippen molar-refractivity contribution in [1.29, 1.82) is 0 Å². The lowest BCUT2D eigenvalue weighted by Gasteiger charge is -2.61. The minimum atomic E-state index is -1.51. The average Bonchev–Trinajstić information content (AvgIpc) is 3.07. The van der Waals surface area contributed by atoms with E-state index in [2.05, 4.69) is 11.7 Å². The lowest BCUT2D eigenvalue weighted by Crippen LogP contribution is -2.60. The molecule has 218 valence electrons. The van der Waals surface area contributed by atoms with Crippen LogP contribution in [0.15, 0.2) is 11.1 Å². The van der Waals surface area contributed by atoms with E-state index in [-0.39, 0.29) is 48.6 Å². The van der Waals surface area contributed by atoms with Crippen LogP contribution in [0.2, 0.25) is 0 Å². The van der Waals surface area contributed by atoms with Gasteiger partial charge < -0.3 is 20.1 Å². The Morgan fingerprint density at radius 2 is 1.69 bits per heavy atom. The third-order valence-electron chi connectivity index (χ3n) is 12.0. The molecule has 0 heterocycles. The molecular weight excluding hydrogens is 500 g/mol. The third-order valence-corrected chi connectivity index (χ3v) is 12.0. The summed E-state index contributed by atoms with van der Waals surface area (Å²) in [6.07, 6.45) is -1.21. The molecule has 8 nitrogen and oxygen atoms in total. The molecule has 8 heteroatoms. The SMILES string of the molecule is COC(=O)C(C)C(O)C(=O)C[C@@H](C)[C@H]1CC(=O)[C@@]2(C)C3=C(C(=O)C[C@]12C)[C@@]1(C)CC[C@H](O)C(C)(C)C1C[C@@H]3O. The highest BCUT2D eigenvalue weighted by Gasteiger charge is 2.70. The van der Waals surface area contributed by atoms with Gasteiger partial charge in [0.2, 0.25) is 0 Å². The van der Waals surface area contributed by atoms with Crippen LogP contribution in [0, 0.1) is 45.3 Å². The first-order chi connectivity index (χ1) is 17.9. The lowest BCUT2D eigenvalue weighted by atomic mass is 9.42. The second-order valence-corrected chi connectivity index (χ2v) is 14.2. The maximum absolute atomic E-state index is 14.1. The van der Waals surface area contributed by atoms with Gasteiger partial charge in [0, 0.05) is 24.8 Å². The minimum absolute atomic E-state index is 0.0334. The Balaban J connectivity index is 1.72. The quantitative estimate of drug-likeness (QED) is 0.432. The van der Waals surface area contributed by atoms with Crippen molar-refractivity contribution in [1.82, 2.24) is 0 Å². The zero-order chi connectivity index (χ0) is 29.5. The standard InChI is InChI=1S/C31H46O8/c1-15(11-19(33)26(37)16(2)27(38)39-8)17-12-23(36)31(7)25-18(32)13-21-28(3,4)22(35)9-10-29(21,5)24(25)20(34)14-30(17,31)6/h15-18,21-22,26,32,35,37H,9-14H2,1-8H3/t15-,16?,17-,18+,21?,22+,26?,29+,30-,31+/m1/s1. The van der Waals surface area contributed by atoms with Gasteiger partial charge in [0.25, 0.3) is 0 Å². The Morgan fingerprint density at radius 3 is 2.28 bits per heavy atom. The molecule has 0 radical (unpaired) electrons. The van der Waals surface area contributed by atoms with Crippen LogP contribution >= 0.6 is 0 Å². The van der Waals surface area contributed by atoms with E-state index in [1.807, 2.05) is 34.6 Å². The highest BCUT2D eigenvalue weighted by molar-refractivity contribution is 6.05. The van der Waals surface area contributed by atoms with Crippen LogP contribution in [-0.4, -0.2) is 64.1 Å². The lowest BCUT2D eigenvalue weighted by molar-refractivity contribution is -0.153. The molecule has 0 spiro atoms. The summed E-state index contributed by atoms with van der Waals surface area (Å²) in [5.41, 5.74) is -1.78. The number of aliphatic hydroxyl groups is 3. The molecule has 3 unspecified atom stereocenters. The molecule has 0 aromatic carbocycles. The summed E-state index contributed by atoms with van der Waals surface area (Å²) in [5, 5.41) is 32.9. The Kier molecular flexibility index (Phi) is 7.39. The first-order valence-corrected chi connectivity index (χ1v) is 14.4. The number of esters is 1. The van der Waals surface area contributed by atoms with Crippen molar-refractivity contribution >= 4 is 23.3 Å². The van der Waals surface area contributed by atoms with E-state index in [0.717, 1.165) is 0 Å². The molecule has 0 aromatic rings. The normalized spacial score (nSPS) is 41.7. The van der Waals surface area contributed by atoms with Gasteiger partial charge in [-0.25, -0.2) is 0 Å². The van der Waals surface area contributed by atoms with Crippen LogP contribution in [0.5, 0.6) is 0 Å². The predicted octanol–water partition coefficient (Wildman–Crippen LogP) is 3.19. The van der Waals surface area contributed by atoms with Gasteiger partial charge in [-0.1, -0.05) is 34.6 Å². The topological polar surface area (TPSA) is 138 Å². The summed E-state index contributed by atoms with van der Waals surface area (Å²) in [5.74, 6) is -3.03. The van der Waals surface area contributed by atoms with Crippen LogP contribution in [0.4, 0.5) is 0 Å². The summed E-state index contributed by atoms with van der Waals surface area (Å²) < 4.78 is 4.66. The highest BCUT2D eigenvalue weighted by atomic mass is 16.5. The first kappa shape index (κ1) is 30.1. The van der Waals surface area contributed by atoms with Gasteiger partial charge in [-0.15, -0.1) is 0 Å². The van der Waals surface area contributed by atoms with Crippen LogP contribution < -0.4 is 0 Å². The van der Waals surface area contributed by atoms with Gasteiger partial charge in [0.05, 0.1) is 30.7 Å². The number of fused-ring (bicyclic) bond motifs is 4. The molecule has 0 bridgehead atoms. The average molecular weight is 547 g/mol. The number of ketones is 3. The van der Waals surface area contributed by atoms with Crippen molar-refractivity contribution in [2.24, 2.45) is 45.3 Å². The van der Waals surface area contributed by atoms with Gasteiger partial charge in [0.15, 0.2) is 11.6 Å². The number of hydrogen-bond donors (Lipinski definition) is 3. The van der Waals surface area contributed by atoms with Crippen molar-refractivity contribution in [3.8, 4) is 0 Å². The fraction of sp³-hybridized carbons (Fsp3) is 0.806. The Morgan fingerprint density at radius 1 is 1.08 bits per heavy atom. The van der Waals surface area contributed by atoms with E-state index in [4.69, 9.17) is 0 Å². The van der Waals surface area contributed by atoms with Crippen LogP contribution in [-0.2, 0) is 23.9 Å². The van der Waals surface area contributed by atoms with E-state index in [9.17, 15) is 34.5 Å². The third kappa shape index (κ3) is 4.03. The molecular formula is C31H46O8. The molecule has 0 saturated heterocycles. The monoisotopic (exact) mass is 546 g/mol. The van der Waals surface area contributed by atoms with Crippen LogP contribution in [0.1, 0.15) is 87.0 Å². The molecule has 4 rings (SSSR count). The van der Waals surface area contributed by atoms with Gasteiger partial charge in [-0.2, -0.15) is 0 Å². The second-order valence-electron chi connectivity index (χ2n) is 14.2. The number of carbonyl (C=O) groups is 4. The first-order valence-electron chi connectivity index (χ1n) is 14.4. The molecule has 3 N–H and O–H groups in total. The summed E-state index contributed by atoms with van der Waals surface area (Å²) >= 11 is 0. The molecule has 0 amide bonds. The minimum Gasteiger partial charge on any atom is -0.469 e. The Bertz CT molecular complexity index is 1120. The highest BCUT2D eigenvalue weighted by Crippen LogP contribution is 2.70. The van der Waals surface area contributed by atoms with Crippen molar-refractivity contribution in [3.63, 3.8) is 0 Å². The molecule has 0 aromatic heterocycles. The fourth-order valence-electron chi connectivity index (χ4n) is 9.28. The number of ether oxygens (including phenoxy) is 1. The summed E-state index contributed by atoms with van der Waals surface area (Å²) in [6, 6.07) is 0. The number of Topliss-reactive ketones (excluding diaryl/α,β-unsaturated/α-hetero) is 3. The molecule has 4 aliphatic rings. The number of carbonyl (C=O) groups excluding carboxylic acids is 4. The number of methoxy groups -OCH3 is 1. The van der Waals surface area contributed by atoms with Crippen molar-refractivity contribution in [2.75, 3.05) is 7.11 Å². The van der Waals surface area contributed by atoms with Crippen molar-refractivity contribution in [3.05, 3.63) is 11.1 Å². The molecule has 2 fully saturated rings. The molecule has 4 aliphatic carbocycles. The zero-order valence-electron chi connectivity index (χ0n) is 24.7.